The molecule has 0 aliphatic heterocycles. The number of rotatable bonds is 1. The summed E-state index contributed by atoms with van der Waals surface area (Å²) in [5.74, 6) is 0.379. The van der Waals surface area contributed by atoms with Gasteiger partial charge in [-0.3, -0.25) is 4.79 Å². The van der Waals surface area contributed by atoms with Crippen LogP contribution < -0.4 is 0 Å². The van der Waals surface area contributed by atoms with Crippen LogP contribution in [-0.2, 0) is 9.53 Å². The maximum atomic E-state index is 10.7. The molecule has 1 radical (unpaired) electrons. The van der Waals surface area contributed by atoms with E-state index in [9.17, 15) is 9.90 Å². The summed E-state index contributed by atoms with van der Waals surface area (Å²) >= 11 is 0. The molecule has 4 atom stereocenters. The van der Waals surface area contributed by atoms with Crippen molar-refractivity contribution in [3.05, 3.63) is 6.42 Å². The van der Waals surface area contributed by atoms with Crippen molar-refractivity contribution in [3.8, 4) is 0 Å². The van der Waals surface area contributed by atoms with Crippen LogP contribution in [0.3, 0.4) is 0 Å². The minimum absolute atomic E-state index is 0.128. The summed E-state index contributed by atoms with van der Waals surface area (Å²) in [6.45, 7) is 1.41. The molecule has 2 aliphatic carbocycles. The highest BCUT2D eigenvalue weighted by atomic mass is 16.5. The Labute approximate surface area is 71.7 Å². The zero-order valence-corrected chi connectivity index (χ0v) is 7.06. The monoisotopic (exact) mass is 169 g/mol. The van der Waals surface area contributed by atoms with Crippen molar-refractivity contribution >= 4 is 5.97 Å². The smallest absolute Gasteiger partial charge is 0.302 e. The molecule has 0 amide bonds. The Morgan fingerprint density at radius 1 is 1.58 bits per heavy atom. The van der Waals surface area contributed by atoms with Crippen molar-refractivity contribution < 1.29 is 14.6 Å². The molecule has 2 fully saturated rings. The first kappa shape index (κ1) is 8.05. The van der Waals surface area contributed by atoms with Crippen LogP contribution in [0.15, 0.2) is 0 Å². The maximum Gasteiger partial charge on any atom is 0.302 e. The van der Waals surface area contributed by atoms with Crippen molar-refractivity contribution in [1.82, 2.24) is 0 Å². The summed E-state index contributed by atoms with van der Waals surface area (Å²) in [4.78, 5) is 10.7. The maximum absolute atomic E-state index is 10.7. The third-order valence-electron chi connectivity index (χ3n) is 2.80. The van der Waals surface area contributed by atoms with Crippen molar-refractivity contribution in [3.63, 3.8) is 0 Å². The van der Waals surface area contributed by atoms with E-state index in [-0.39, 0.29) is 24.1 Å². The van der Waals surface area contributed by atoms with Crippen LogP contribution in [0.25, 0.3) is 0 Å². The van der Waals surface area contributed by atoms with Crippen molar-refractivity contribution in [2.45, 2.75) is 32.0 Å². The minimum atomic E-state index is -0.260. The molecule has 3 heteroatoms. The predicted molar refractivity (Wildman–Crippen MR) is 42.1 cm³/mol. The SMILES string of the molecule is CC(=O)O[C@H]1[CH][C@H]2C[C@@H]1[C@@H](O)C2. The topological polar surface area (TPSA) is 46.5 Å². The van der Waals surface area contributed by atoms with E-state index in [0.29, 0.717) is 5.92 Å². The van der Waals surface area contributed by atoms with Crippen molar-refractivity contribution in [1.29, 1.82) is 0 Å². The first-order valence-corrected chi connectivity index (χ1v) is 4.37. The van der Waals surface area contributed by atoms with E-state index in [2.05, 4.69) is 6.42 Å². The first-order valence-electron chi connectivity index (χ1n) is 4.37. The molecule has 0 aromatic heterocycles. The molecular weight excluding hydrogens is 156 g/mol. The summed E-state index contributed by atoms with van der Waals surface area (Å²) in [5.41, 5.74) is 0. The van der Waals surface area contributed by atoms with E-state index in [1.807, 2.05) is 0 Å². The molecule has 1 N–H and O–H groups in total. The van der Waals surface area contributed by atoms with Gasteiger partial charge in [0.05, 0.1) is 6.10 Å². The molecule has 2 rings (SSSR count). The van der Waals surface area contributed by atoms with Crippen LogP contribution in [0, 0.1) is 18.3 Å². The molecule has 0 unspecified atom stereocenters. The van der Waals surface area contributed by atoms with Crippen LogP contribution in [0.1, 0.15) is 19.8 Å². The normalized spacial score (nSPS) is 44.8. The number of hydrogen-bond acceptors (Lipinski definition) is 3. The number of hydrogen-bond donors (Lipinski definition) is 1. The Morgan fingerprint density at radius 2 is 2.33 bits per heavy atom. The number of aliphatic hydroxyl groups is 1. The molecule has 0 aromatic rings. The highest BCUT2D eigenvalue weighted by Crippen LogP contribution is 2.45. The molecule has 3 nitrogen and oxygen atoms in total. The Kier molecular flexibility index (Phi) is 1.83. The molecular formula is C9H13O3. The van der Waals surface area contributed by atoms with Crippen LogP contribution in [0.4, 0.5) is 0 Å². The second kappa shape index (κ2) is 2.73. The summed E-state index contributed by atoms with van der Waals surface area (Å²) in [7, 11) is 0. The highest BCUT2D eigenvalue weighted by molar-refractivity contribution is 5.66. The lowest BCUT2D eigenvalue weighted by Gasteiger charge is -2.24. The quantitative estimate of drug-likeness (QED) is 0.582. The lowest BCUT2D eigenvalue weighted by atomic mass is 9.95. The number of aliphatic hydroxyl groups excluding tert-OH is 1. The summed E-state index contributed by atoms with van der Waals surface area (Å²) < 4.78 is 5.06. The molecule has 0 heterocycles. The third-order valence-corrected chi connectivity index (χ3v) is 2.80. The highest BCUT2D eigenvalue weighted by Gasteiger charge is 2.47. The average molecular weight is 169 g/mol. The molecule has 2 bridgehead atoms. The van der Waals surface area contributed by atoms with Crippen LogP contribution in [0.5, 0.6) is 0 Å². The van der Waals surface area contributed by atoms with E-state index >= 15 is 0 Å². The fourth-order valence-corrected chi connectivity index (χ4v) is 2.33. The van der Waals surface area contributed by atoms with Crippen LogP contribution >= 0.6 is 0 Å². The number of carbonyl (C=O) groups is 1. The second-order valence-electron chi connectivity index (χ2n) is 3.73. The predicted octanol–water partition coefficient (Wildman–Crippen LogP) is 0.523. The zero-order chi connectivity index (χ0) is 8.72. The van der Waals surface area contributed by atoms with E-state index in [1.54, 1.807) is 0 Å². The fourth-order valence-electron chi connectivity index (χ4n) is 2.33. The van der Waals surface area contributed by atoms with Crippen molar-refractivity contribution in [2.75, 3.05) is 0 Å². The third kappa shape index (κ3) is 1.22. The van der Waals surface area contributed by atoms with Gasteiger partial charge >= 0.3 is 5.97 Å². The van der Waals surface area contributed by atoms with Gasteiger partial charge in [-0.15, -0.1) is 0 Å². The Morgan fingerprint density at radius 3 is 2.83 bits per heavy atom. The minimum Gasteiger partial charge on any atom is -0.462 e. The van der Waals surface area contributed by atoms with Gasteiger partial charge in [0.2, 0.25) is 0 Å². The van der Waals surface area contributed by atoms with Crippen LogP contribution in [0.2, 0.25) is 0 Å². The Balaban J connectivity index is 1.98. The van der Waals surface area contributed by atoms with Crippen molar-refractivity contribution in [2.24, 2.45) is 11.8 Å². The van der Waals surface area contributed by atoms with Gasteiger partial charge in [-0.25, -0.2) is 0 Å². The summed E-state index contributed by atoms with van der Waals surface area (Å²) in [5, 5.41) is 9.49. The molecule has 0 spiro atoms. The fraction of sp³-hybridized carbons (Fsp3) is 0.778. The number of fused-ring (bicyclic) bond motifs is 2. The van der Waals surface area contributed by atoms with Gasteiger partial charge in [0.15, 0.2) is 0 Å². The summed E-state index contributed by atoms with van der Waals surface area (Å²) in [6.07, 6.45) is 3.50. The van der Waals surface area contributed by atoms with E-state index in [0.717, 1.165) is 12.8 Å². The Bertz CT molecular complexity index is 202. The standard InChI is InChI=1S/C9H13O3/c1-5(10)12-9-4-6-2-7(9)8(11)3-6/h4,6-9,11H,2-3H2,1H3/t6-,7+,8-,9-/m0/s1. The Hall–Kier alpha value is -0.570. The zero-order valence-electron chi connectivity index (χ0n) is 7.06. The van der Waals surface area contributed by atoms with Gasteiger partial charge in [0, 0.05) is 19.3 Å². The van der Waals surface area contributed by atoms with Gasteiger partial charge in [-0.1, -0.05) is 0 Å². The number of ether oxygens (including phenoxy) is 1. The lowest BCUT2D eigenvalue weighted by molar-refractivity contribution is -0.148. The van der Waals surface area contributed by atoms with E-state index in [4.69, 9.17) is 4.74 Å². The van der Waals surface area contributed by atoms with Gasteiger partial charge in [0.1, 0.15) is 6.10 Å². The molecule has 0 saturated heterocycles. The number of esters is 1. The molecule has 2 saturated carbocycles. The molecule has 2 aliphatic rings. The lowest BCUT2D eigenvalue weighted by Crippen LogP contribution is -2.32. The largest absolute Gasteiger partial charge is 0.462 e. The van der Waals surface area contributed by atoms with Gasteiger partial charge in [-0.05, 0) is 18.8 Å². The second-order valence-corrected chi connectivity index (χ2v) is 3.73. The molecule has 0 aromatic carbocycles. The van der Waals surface area contributed by atoms with Crippen LogP contribution in [-0.4, -0.2) is 23.3 Å². The van der Waals surface area contributed by atoms with E-state index < -0.39 is 0 Å². The van der Waals surface area contributed by atoms with E-state index in [1.165, 1.54) is 6.92 Å². The summed E-state index contributed by atoms with van der Waals surface area (Å²) in [6, 6.07) is 0. The first-order chi connectivity index (χ1) is 5.66. The van der Waals surface area contributed by atoms with Gasteiger partial charge in [0.25, 0.3) is 0 Å². The molecule has 67 valence electrons. The van der Waals surface area contributed by atoms with Gasteiger partial charge in [-0.2, -0.15) is 0 Å². The average Bonchev–Trinajstić information content (AvgIpc) is 2.43. The molecule has 12 heavy (non-hydrogen) atoms. The van der Waals surface area contributed by atoms with Gasteiger partial charge < -0.3 is 9.84 Å². The number of carbonyl (C=O) groups excluding carboxylic acids is 1.